The maximum Gasteiger partial charge on any atom is 0.265 e. The van der Waals surface area contributed by atoms with Gasteiger partial charge in [0, 0.05) is 5.56 Å². The van der Waals surface area contributed by atoms with Crippen molar-refractivity contribution in [2.45, 2.75) is 0 Å². The molecule has 0 atom stereocenters. The Labute approximate surface area is 109 Å². The van der Waals surface area contributed by atoms with E-state index in [9.17, 15) is 14.7 Å². The van der Waals surface area contributed by atoms with Crippen LogP contribution in [-0.2, 0) is 0 Å². The van der Waals surface area contributed by atoms with Crippen LogP contribution in [0.1, 0.15) is 26.3 Å². The molecule has 0 heterocycles. The summed E-state index contributed by atoms with van der Waals surface area (Å²) < 4.78 is 0. The number of hydrogen-bond acceptors (Lipinski definition) is 4. The monoisotopic (exact) mass is 256 g/mol. The van der Waals surface area contributed by atoms with E-state index in [-0.39, 0.29) is 22.4 Å². The van der Waals surface area contributed by atoms with E-state index in [1.165, 1.54) is 24.3 Å². The van der Waals surface area contributed by atoms with Gasteiger partial charge in [0.15, 0.2) is 5.78 Å². The highest BCUT2D eigenvalue weighted by Crippen LogP contribution is 2.21. The van der Waals surface area contributed by atoms with Gasteiger partial charge < -0.3 is 5.11 Å². The maximum absolute atomic E-state index is 12.3. The largest absolute Gasteiger partial charge is 0.507 e. The number of amides is 1. The van der Waals surface area contributed by atoms with Gasteiger partial charge in [-0.05, 0) is 18.2 Å². The number of aromatic hydroxyl groups is 1. The van der Waals surface area contributed by atoms with E-state index >= 15 is 0 Å². The third-order valence-electron chi connectivity index (χ3n) is 2.70. The number of para-hydroxylation sites is 1. The first kappa shape index (κ1) is 12.8. The van der Waals surface area contributed by atoms with E-state index in [1.54, 1.807) is 24.3 Å². The van der Waals surface area contributed by atoms with Crippen molar-refractivity contribution in [3.8, 4) is 5.75 Å². The summed E-state index contributed by atoms with van der Waals surface area (Å²) in [5, 5.41) is 9.68. The average Bonchev–Trinajstić information content (AvgIpc) is 2.46. The zero-order valence-electron chi connectivity index (χ0n) is 9.96. The van der Waals surface area contributed by atoms with Gasteiger partial charge in [0.05, 0.1) is 11.1 Å². The molecule has 0 fully saturated rings. The molecule has 2 aromatic carbocycles. The number of nitrogens with two attached hydrogens (primary N) is 1. The number of hydrogen-bond donors (Lipinski definition) is 3. The molecule has 0 bridgehead atoms. The normalized spacial score (nSPS) is 9.95. The van der Waals surface area contributed by atoms with Crippen LogP contribution in [0.3, 0.4) is 0 Å². The Morgan fingerprint density at radius 2 is 1.42 bits per heavy atom. The molecular weight excluding hydrogens is 244 g/mol. The third-order valence-corrected chi connectivity index (χ3v) is 2.70. The summed E-state index contributed by atoms with van der Waals surface area (Å²) in [6, 6.07) is 12.4. The molecule has 2 aromatic rings. The maximum atomic E-state index is 12.3. The summed E-state index contributed by atoms with van der Waals surface area (Å²) in [6.45, 7) is 0. The van der Waals surface area contributed by atoms with Crippen LogP contribution in [0.25, 0.3) is 0 Å². The molecule has 19 heavy (non-hydrogen) atoms. The molecule has 0 aliphatic heterocycles. The van der Waals surface area contributed by atoms with E-state index in [0.717, 1.165) is 0 Å². The topological polar surface area (TPSA) is 92.4 Å². The second kappa shape index (κ2) is 5.32. The molecule has 0 saturated carbocycles. The van der Waals surface area contributed by atoms with Gasteiger partial charge in [-0.25, -0.2) is 5.84 Å². The van der Waals surface area contributed by atoms with Gasteiger partial charge in [0.25, 0.3) is 5.91 Å². The summed E-state index contributed by atoms with van der Waals surface area (Å²) in [5.74, 6) is 3.96. The van der Waals surface area contributed by atoms with Gasteiger partial charge in [-0.1, -0.05) is 30.3 Å². The molecule has 0 aromatic heterocycles. The fraction of sp³-hybridized carbons (Fsp3) is 0. The average molecular weight is 256 g/mol. The van der Waals surface area contributed by atoms with Crippen molar-refractivity contribution >= 4 is 11.7 Å². The van der Waals surface area contributed by atoms with Crippen molar-refractivity contribution in [3.05, 3.63) is 65.2 Å². The number of ketones is 1. The Hall–Kier alpha value is -2.66. The van der Waals surface area contributed by atoms with Gasteiger partial charge in [0.2, 0.25) is 0 Å². The molecule has 5 heteroatoms. The number of nitrogens with one attached hydrogen (secondary N) is 1. The van der Waals surface area contributed by atoms with Crippen molar-refractivity contribution < 1.29 is 14.7 Å². The molecule has 1 amide bonds. The fourth-order valence-electron chi connectivity index (χ4n) is 1.77. The first-order valence-electron chi connectivity index (χ1n) is 5.58. The molecule has 0 spiro atoms. The van der Waals surface area contributed by atoms with Crippen molar-refractivity contribution in [2.24, 2.45) is 5.84 Å². The number of phenols is 1. The Morgan fingerprint density at radius 3 is 2.00 bits per heavy atom. The first-order valence-corrected chi connectivity index (χ1v) is 5.58. The number of nitrogen functional groups attached to an aromatic ring is 1. The summed E-state index contributed by atoms with van der Waals surface area (Å²) >= 11 is 0. The Kier molecular flexibility index (Phi) is 3.58. The molecule has 0 unspecified atom stereocenters. The SMILES string of the molecule is NNC(=O)c1ccccc1C(=O)c1ccccc1O. The van der Waals surface area contributed by atoms with Crippen LogP contribution in [0, 0.1) is 0 Å². The molecule has 2 rings (SSSR count). The summed E-state index contributed by atoms with van der Waals surface area (Å²) in [4.78, 5) is 23.9. The van der Waals surface area contributed by atoms with Crippen LogP contribution in [0.15, 0.2) is 48.5 Å². The molecule has 0 radical (unpaired) electrons. The second-order valence-electron chi connectivity index (χ2n) is 3.87. The van der Waals surface area contributed by atoms with Crippen LogP contribution in [0.2, 0.25) is 0 Å². The highest BCUT2D eigenvalue weighted by Gasteiger charge is 2.19. The lowest BCUT2D eigenvalue weighted by atomic mass is 9.97. The van der Waals surface area contributed by atoms with Gasteiger partial charge in [-0.15, -0.1) is 0 Å². The minimum absolute atomic E-state index is 0.129. The number of rotatable bonds is 3. The number of carbonyl (C=O) groups excluding carboxylic acids is 2. The molecule has 0 aliphatic carbocycles. The molecular formula is C14H12N2O3. The lowest BCUT2D eigenvalue weighted by molar-refractivity contribution is 0.0942. The zero-order valence-corrected chi connectivity index (χ0v) is 9.96. The first-order chi connectivity index (χ1) is 9.15. The highest BCUT2D eigenvalue weighted by molar-refractivity contribution is 6.16. The van der Waals surface area contributed by atoms with Gasteiger partial charge in [-0.2, -0.15) is 0 Å². The third kappa shape index (κ3) is 2.46. The van der Waals surface area contributed by atoms with E-state index in [4.69, 9.17) is 5.84 Å². The van der Waals surface area contributed by atoms with Gasteiger partial charge in [-0.3, -0.25) is 15.0 Å². The number of carbonyl (C=O) groups is 2. The van der Waals surface area contributed by atoms with Gasteiger partial charge >= 0.3 is 0 Å². The molecule has 0 saturated heterocycles. The summed E-state index contributed by atoms with van der Waals surface area (Å²) in [7, 11) is 0. The molecule has 4 N–H and O–H groups in total. The Morgan fingerprint density at radius 1 is 0.895 bits per heavy atom. The fourth-order valence-corrected chi connectivity index (χ4v) is 1.77. The standard InChI is InChI=1S/C14H12N2O3/c15-16-14(19)10-6-2-1-5-9(10)13(18)11-7-3-4-8-12(11)17/h1-8,17H,15H2,(H,16,19). The van der Waals surface area contributed by atoms with E-state index in [1.807, 2.05) is 5.43 Å². The van der Waals surface area contributed by atoms with Crippen molar-refractivity contribution in [1.29, 1.82) is 0 Å². The van der Waals surface area contributed by atoms with Crippen LogP contribution < -0.4 is 11.3 Å². The lowest BCUT2D eigenvalue weighted by Gasteiger charge is -2.08. The smallest absolute Gasteiger partial charge is 0.265 e. The molecule has 96 valence electrons. The van der Waals surface area contributed by atoms with Crippen LogP contribution >= 0.6 is 0 Å². The summed E-state index contributed by atoms with van der Waals surface area (Å²) in [6.07, 6.45) is 0. The number of benzene rings is 2. The summed E-state index contributed by atoms with van der Waals surface area (Å²) in [5.41, 5.74) is 2.48. The second-order valence-corrected chi connectivity index (χ2v) is 3.87. The quantitative estimate of drug-likeness (QED) is 0.333. The predicted molar refractivity (Wildman–Crippen MR) is 69.6 cm³/mol. The van der Waals surface area contributed by atoms with Crippen LogP contribution in [0.5, 0.6) is 5.75 Å². The van der Waals surface area contributed by atoms with E-state index < -0.39 is 11.7 Å². The molecule has 0 aliphatic rings. The predicted octanol–water partition coefficient (Wildman–Crippen LogP) is 1.23. The minimum Gasteiger partial charge on any atom is -0.507 e. The van der Waals surface area contributed by atoms with Crippen molar-refractivity contribution in [1.82, 2.24) is 5.43 Å². The van der Waals surface area contributed by atoms with Crippen molar-refractivity contribution in [3.63, 3.8) is 0 Å². The Bertz CT molecular complexity index is 638. The zero-order chi connectivity index (χ0) is 13.8. The van der Waals surface area contributed by atoms with Crippen molar-refractivity contribution in [2.75, 3.05) is 0 Å². The minimum atomic E-state index is -0.556. The highest BCUT2D eigenvalue weighted by atomic mass is 16.3. The van der Waals surface area contributed by atoms with E-state index in [2.05, 4.69) is 0 Å². The van der Waals surface area contributed by atoms with Crippen LogP contribution in [-0.4, -0.2) is 16.8 Å². The lowest BCUT2D eigenvalue weighted by Crippen LogP contribution is -2.31. The van der Waals surface area contributed by atoms with Gasteiger partial charge in [0.1, 0.15) is 5.75 Å². The molecule has 5 nitrogen and oxygen atoms in total. The Balaban J connectivity index is 2.51. The number of phenolic OH excluding ortho intramolecular Hbond substituents is 1. The van der Waals surface area contributed by atoms with E-state index in [0.29, 0.717) is 0 Å². The number of hydrazine groups is 1. The van der Waals surface area contributed by atoms with Crippen LogP contribution in [0.4, 0.5) is 0 Å².